The molecule has 0 spiro atoms. The Morgan fingerprint density at radius 1 is 1.32 bits per heavy atom. The molecule has 2 N–H and O–H groups in total. The predicted molar refractivity (Wildman–Crippen MR) is 83.5 cm³/mol. The van der Waals surface area contributed by atoms with Gasteiger partial charge >= 0.3 is 6.03 Å². The van der Waals surface area contributed by atoms with Crippen LogP contribution in [-0.4, -0.2) is 41.0 Å². The lowest BCUT2D eigenvalue weighted by atomic mass is 9.97. The van der Waals surface area contributed by atoms with E-state index in [-0.39, 0.29) is 17.9 Å². The lowest BCUT2D eigenvalue weighted by Gasteiger charge is -2.32. The topological polar surface area (TPSA) is 74.3 Å². The molecule has 2 fully saturated rings. The minimum absolute atomic E-state index is 0.0336. The number of carbonyl (C=O) groups is 2. The highest BCUT2D eigenvalue weighted by atomic mass is 16.2. The summed E-state index contributed by atoms with van der Waals surface area (Å²) in [5.41, 5.74) is 1.05. The largest absolute Gasteiger partial charge is 0.335 e. The number of carbonyl (C=O) groups excluding carboxylic acids is 2. The number of nitrogens with one attached hydrogen (secondary N) is 2. The highest BCUT2D eigenvalue weighted by Gasteiger charge is 2.31. The molecule has 3 amide bonds. The number of piperidine rings is 1. The number of likely N-dealkylation sites (tertiary alicyclic amines) is 1. The summed E-state index contributed by atoms with van der Waals surface area (Å²) in [6.45, 7) is 3.17. The summed E-state index contributed by atoms with van der Waals surface area (Å²) in [6, 6.07) is 4.05. The van der Waals surface area contributed by atoms with Gasteiger partial charge in [-0.2, -0.15) is 0 Å². The molecule has 118 valence electrons. The minimum Gasteiger partial charge on any atom is -0.335 e. The van der Waals surface area contributed by atoms with Gasteiger partial charge < -0.3 is 15.5 Å². The Balaban J connectivity index is 1.56. The van der Waals surface area contributed by atoms with E-state index in [0.717, 1.165) is 37.8 Å². The molecule has 6 nitrogen and oxygen atoms in total. The van der Waals surface area contributed by atoms with Crippen LogP contribution in [0.2, 0.25) is 0 Å². The fourth-order valence-electron chi connectivity index (χ4n) is 2.70. The molecule has 1 atom stereocenters. The Morgan fingerprint density at radius 3 is 2.86 bits per heavy atom. The van der Waals surface area contributed by atoms with Crippen LogP contribution in [0.1, 0.15) is 31.2 Å². The monoisotopic (exact) mass is 302 g/mol. The molecule has 0 radical (unpaired) electrons. The van der Waals surface area contributed by atoms with Crippen molar-refractivity contribution in [3.8, 4) is 0 Å². The van der Waals surface area contributed by atoms with Crippen LogP contribution in [0, 0.1) is 12.8 Å². The molecule has 3 rings (SSSR count). The van der Waals surface area contributed by atoms with Gasteiger partial charge in [-0.15, -0.1) is 0 Å². The fraction of sp³-hybridized carbons (Fsp3) is 0.562. The second-order valence-electron chi connectivity index (χ2n) is 6.22. The van der Waals surface area contributed by atoms with E-state index in [9.17, 15) is 9.59 Å². The highest BCUT2D eigenvalue weighted by Crippen LogP contribution is 2.22. The van der Waals surface area contributed by atoms with Gasteiger partial charge in [0.1, 0.15) is 5.82 Å². The Bertz CT molecular complexity index is 571. The van der Waals surface area contributed by atoms with E-state index in [1.54, 1.807) is 11.1 Å². The van der Waals surface area contributed by atoms with Crippen molar-refractivity contribution >= 4 is 17.8 Å². The summed E-state index contributed by atoms with van der Waals surface area (Å²) >= 11 is 0. The predicted octanol–water partition coefficient (Wildman–Crippen LogP) is 1.91. The zero-order chi connectivity index (χ0) is 15.5. The maximum atomic E-state index is 12.4. The van der Waals surface area contributed by atoms with Gasteiger partial charge in [0.25, 0.3) is 0 Å². The van der Waals surface area contributed by atoms with Crippen molar-refractivity contribution in [2.24, 2.45) is 5.92 Å². The number of pyridine rings is 1. The fourth-order valence-corrected chi connectivity index (χ4v) is 2.70. The standard InChI is InChI=1S/C16H22N4O2/c1-11-6-7-17-14(9-11)19-15(21)12-3-2-8-20(10-12)16(22)18-13-4-5-13/h6-7,9,12-13H,2-5,8,10H2,1H3,(H,18,22)(H,17,19,21). The van der Waals surface area contributed by atoms with Crippen molar-refractivity contribution < 1.29 is 9.59 Å². The van der Waals surface area contributed by atoms with Crippen molar-refractivity contribution in [1.82, 2.24) is 15.2 Å². The van der Waals surface area contributed by atoms with Gasteiger partial charge in [-0.05, 0) is 50.3 Å². The van der Waals surface area contributed by atoms with Crippen LogP contribution in [0.25, 0.3) is 0 Å². The number of urea groups is 1. The van der Waals surface area contributed by atoms with Crippen LogP contribution < -0.4 is 10.6 Å². The van der Waals surface area contributed by atoms with Crippen LogP contribution in [-0.2, 0) is 4.79 Å². The van der Waals surface area contributed by atoms with Crippen molar-refractivity contribution in [1.29, 1.82) is 0 Å². The smallest absolute Gasteiger partial charge is 0.317 e. The van der Waals surface area contributed by atoms with Crippen molar-refractivity contribution in [3.63, 3.8) is 0 Å². The van der Waals surface area contributed by atoms with Crippen molar-refractivity contribution in [3.05, 3.63) is 23.9 Å². The first kappa shape index (κ1) is 14.8. The highest BCUT2D eigenvalue weighted by molar-refractivity contribution is 5.92. The molecular formula is C16H22N4O2. The molecule has 1 aliphatic heterocycles. The molecule has 2 aliphatic rings. The summed E-state index contributed by atoms with van der Waals surface area (Å²) in [7, 11) is 0. The first-order chi connectivity index (χ1) is 10.6. The van der Waals surface area contributed by atoms with Crippen molar-refractivity contribution in [2.75, 3.05) is 18.4 Å². The molecule has 1 saturated carbocycles. The second kappa shape index (κ2) is 6.34. The normalized spacial score (nSPS) is 21.3. The van der Waals surface area contributed by atoms with Gasteiger partial charge in [0, 0.05) is 25.3 Å². The molecule has 1 saturated heterocycles. The first-order valence-corrected chi connectivity index (χ1v) is 7.91. The molecular weight excluding hydrogens is 280 g/mol. The van der Waals surface area contributed by atoms with Crippen LogP contribution in [0.4, 0.5) is 10.6 Å². The number of hydrogen-bond donors (Lipinski definition) is 2. The lowest BCUT2D eigenvalue weighted by molar-refractivity contribution is -0.121. The molecule has 1 aromatic heterocycles. The third-order valence-electron chi connectivity index (χ3n) is 4.15. The second-order valence-corrected chi connectivity index (χ2v) is 6.22. The van der Waals surface area contributed by atoms with E-state index < -0.39 is 0 Å². The maximum absolute atomic E-state index is 12.4. The number of aromatic nitrogens is 1. The van der Waals surface area contributed by atoms with E-state index in [0.29, 0.717) is 18.4 Å². The summed E-state index contributed by atoms with van der Waals surface area (Å²) in [6.07, 6.45) is 5.49. The molecule has 1 aromatic rings. The number of aryl methyl sites for hydroxylation is 1. The quantitative estimate of drug-likeness (QED) is 0.895. The average molecular weight is 302 g/mol. The number of rotatable bonds is 3. The van der Waals surface area contributed by atoms with Crippen LogP contribution in [0.5, 0.6) is 0 Å². The van der Waals surface area contributed by atoms with E-state index in [1.807, 2.05) is 19.1 Å². The Morgan fingerprint density at radius 2 is 2.14 bits per heavy atom. The molecule has 6 heteroatoms. The Kier molecular flexibility index (Phi) is 4.27. The van der Waals surface area contributed by atoms with Gasteiger partial charge in [0.15, 0.2) is 0 Å². The summed E-state index contributed by atoms with van der Waals surface area (Å²) in [4.78, 5) is 30.4. The molecule has 22 heavy (non-hydrogen) atoms. The molecule has 1 aliphatic carbocycles. The summed E-state index contributed by atoms with van der Waals surface area (Å²) in [5.74, 6) is 0.354. The van der Waals surface area contributed by atoms with Crippen LogP contribution in [0.15, 0.2) is 18.3 Å². The molecule has 0 aromatic carbocycles. The molecule has 0 bridgehead atoms. The number of nitrogens with zero attached hydrogens (tertiary/aromatic N) is 2. The molecule has 2 heterocycles. The van der Waals surface area contributed by atoms with Gasteiger partial charge in [0.05, 0.1) is 5.92 Å². The van der Waals surface area contributed by atoms with Crippen LogP contribution >= 0.6 is 0 Å². The van der Waals surface area contributed by atoms with E-state index in [2.05, 4.69) is 15.6 Å². The number of amides is 3. The van der Waals surface area contributed by atoms with Gasteiger partial charge in [-0.25, -0.2) is 9.78 Å². The third-order valence-corrected chi connectivity index (χ3v) is 4.15. The Labute approximate surface area is 130 Å². The van der Waals surface area contributed by atoms with Gasteiger partial charge in [-0.1, -0.05) is 0 Å². The Hall–Kier alpha value is -2.11. The number of anilines is 1. The van der Waals surface area contributed by atoms with Gasteiger partial charge in [-0.3, -0.25) is 4.79 Å². The van der Waals surface area contributed by atoms with E-state index >= 15 is 0 Å². The van der Waals surface area contributed by atoms with Crippen LogP contribution in [0.3, 0.4) is 0 Å². The van der Waals surface area contributed by atoms with Crippen molar-refractivity contribution in [2.45, 2.75) is 38.6 Å². The minimum atomic E-state index is -0.166. The average Bonchev–Trinajstić information content (AvgIpc) is 3.31. The lowest BCUT2D eigenvalue weighted by Crippen LogP contribution is -2.48. The van der Waals surface area contributed by atoms with E-state index in [4.69, 9.17) is 0 Å². The summed E-state index contributed by atoms with van der Waals surface area (Å²) in [5, 5.41) is 5.84. The van der Waals surface area contributed by atoms with Gasteiger partial charge in [0.2, 0.25) is 5.91 Å². The zero-order valence-electron chi connectivity index (χ0n) is 12.8. The first-order valence-electron chi connectivity index (χ1n) is 7.91. The molecule has 1 unspecified atom stereocenters. The third kappa shape index (κ3) is 3.75. The SMILES string of the molecule is Cc1ccnc(NC(=O)C2CCCN(C(=O)NC3CC3)C2)c1. The maximum Gasteiger partial charge on any atom is 0.317 e. The van der Waals surface area contributed by atoms with E-state index in [1.165, 1.54) is 0 Å². The number of hydrogen-bond acceptors (Lipinski definition) is 3. The summed E-state index contributed by atoms with van der Waals surface area (Å²) < 4.78 is 0. The zero-order valence-corrected chi connectivity index (χ0v) is 12.8.